The number of aryl methyl sites for hydroxylation is 1. The molecule has 1 aliphatic heterocycles. The molecule has 0 radical (unpaired) electrons. The molecule has 0 bridgehead atoms. The Bertz CT molecular complexity index is 1640. The summed E-state index contributed by atoms with van der Waals surface area (Å²) in [6, 6.07) is 21.1. The molecule has 1 N–H and O–H groups in total. The van der Waals surface area contributed by atoms with Gasteiger partial charge in [0, 0.05) is 17.8 Å². The highest BCUT2D eigenvalue weighted by Gasteiger charge is 2.36. The molecule has 1 aliphatic rings. The van der Waals surface area contributed by atoms with E-state index >= 15 is 0 Å². The number of hydrogen-bond acceptors (Lipinski definition) is 2. The van der Waals surface area contributed by atoms with Gasteiger partial charge >= 0.3 is 6.03 Å². The summed E-state index contributed by atoms with van der Waals surface area (Å²) in [7, 11) is 0. The third-order valence-electron chi connectivity index (χ3n) is 6.71. The zero-order valence-corrected chi connectivity index (χ0v) is 20.3. The molecule has 0 saturated carbocycles. The summed E-state index contributed by atoms with van der Waals surface area (Å²) in [5.74, 6) is -1.26. The van der Waals surface area contributed by atoms with Crippen molar-refractivity contribution in [2.45, 2.75) is 19.5 Å². The van der Waals surface area contributed by atoms with Crippen LogP contribution in [0.2, 0.25) is 0 Å². The second kappa shape index (κ2) is 9.26. The molecule has 1 atom stereocenters. The van der Waals surface area contributed by atoms with Gasteiger partial charge in [-0.2, -0.15) is 5.10 Å². The summed E-state index contributed by atoms with van der Waals surface area (Å²) in [6.45, 7) is 2.00. The fraction of sp³-hybridized carbons (Fsp3) is 0.103. The van der Waals surface area contributed by atoms with Crippen LogP contribution in [0.3, 0.4) is 0 Å². The topological polar surface area (TPSA) is 55.1 Å². The van der Waals surface area contributed by atoms with E-state index in [4.69, 9.17) is 5.10 Å². The first-order valence-electron chi connectivity index (χ1n) is 12.0. The van der Waals surface area contributed by atoms with Crippen LogP contribution < -0.4 is 5.32 Å². The molecule has 0 spiro atoms. The number of rotatable bonds is 3. The Morgan fingerprint density at radius 2 is 1.66 bits per heavy atom. The molecule has 5 aromatic rings. The maximum atomic E-state index is 14.5. The van der Waals surface area contributed by atoms with Crippen molar-refractivity contribution in [2.75, 3.05) is 5.32 Å². The average molecular weight is 514 g/mol. The maximum absolute atomic E-state index is 14.5. The smallest absolute Gasteiger partial charge is 0.307 e. The Hall–Kier alpha value is -4.79. The Kier molecular flexibility index (Phi) is 5.75. The monoisotopic (exact) mass is 513 g/mol. The number of aromatic nitrogens is 3. The van der Waals surface area contributed by atoms with Crippen LogP contribution in [0.4, 0.5) is 23.7 Å². The van der Waals surface area contributed by atoms with Gasteiger partial charge in [-0.25, -0.2) is 22.6 Å². The van der Waals surface area contributed by atoms with Crippen LogP contribution in [-0.4, -0.2) is 25.3 Å². The number of fused-ring (bicyclic) bond motifs is 3. The zero-order chi connectivity index (χ0) is 26.4. The molecule has 3 heterocycles. The highest BCUT2D eigenvalue weighted by molar-refractivity contribution is 5.90. The molecule has 0 saturated heterocycles. The van der Waals surface area contributed by atoms with E-state index in [0.29, 0.717) is 17.3 Å². The minimum Gasteiger partial charge on any atom is -0.307 e. The number of para-hydroxylation sites is 1. The van der Waals surface area contributed by atoms with E-state index in [9.17, 15) is 18.0 Å². The molecule has 0 aliphatic carbocycles. The van der Waals surface area contributed by atoms with E-state index in [1.165, 1.54) is 18.2 Å². The summed E-state index contributed by atoms with van der Waals surface area (Å²) in [4.78, 5) is 15.3. The number of carbonyl (C=O) groups is 1. The summed E-state index contributed by atoms with van der Waals surface area (Å²) >= 11 is 0. The third kappa shape index (κ3) is 4.02. The van der Waals surface area contributed by atoms with E-state index in [-0.39, 0.29) is 12.2 Å². The predicted molar refractivity (Wildman–Crippen MR) is 137 cm³/mol. The van der Waals surface area contributed by atoms with Gasteiger partial charge in [0.1, 0.15) is 23.3 Å². The third-order valence-corrected chi connectivity index (χ3v) is 6.71. The fourth-order valence-electron chi connectivity index (χ4n) is 4.92. The molecule has 0 fully saturated rings. The van der Waals surface area contributed by atoms with Gasteiger partial charge in [-0.15, -0.1) is 0 Å². The van der Waals surface area contributed by atoms with Crippen molar-refractivity contribution in [3.05, 3.63) is 131 Å². The lowest BCUT2D eigenvalue weighted by atomic mass is 10.0. The summed E-state index contributed by atoms with van der Waals surface area (Å²) in [5, 5.41) is 7.37. The van der Waals surface area contributed by atoms with Gasteiger partial charge in [-0.05, 0) is 61.0 Å². The number of benzene rings is 3. The molecule has 3 aromatic carbocycles. The second-order valence-electron chi connectivity index (χ2n) is 9.07. The Labute approximate surface area is 216 Å². The SMILES string of the molecule is Cc1nn(-c2ccccc2)c2c1CN(C(=O)Nc1ccc(F)cc1F)[C@H](c1ccc(F)cc1)c1cccn1-2. The minimum absolute atomic E-state index is 0.131. The molecule has 6 rings (SSSR count). The summed E-state index contributed by atoms with van der Waals surface area (Å²) < 4.78 is 45.6. The number of carbonyl (C=O) groups excluding carboxylic acids is 1. The molecule has 2 aromatic heterocycles. The molecular formula is C29H22F3N5O. The summed E-state index contributed by atoms with van der Waals surface area (Å²) in [6.07, 6.45) is 1.90. The second-order valence-corrected chi connectivity index (χ2v) is 9.07. The van der Waals surface area contributed by atoms with Crippen LogP contribution in [0.15, 0.2) is 91.1 Å². The quantitative estimate of drug-likeness (QED) is 0.298. The van der Waals surface area contributed by atoms with Crippen LogP contribution in [0.25, 0.3) is 11.5 Å². The number of hydrogen-bond donors (Lipinski definition) is 1. The fourth-order valence-corrected chi connectivity index (χ4v) is 4.92. The van der Waals surface area contributed by atoms with Gasteiger partial charge in [-0.3, -0.25) is 0 Å². The van der Waals surface area contributed by atoms with Crippen LogP contribution in [-0.2, 0) is 6.54 Å². The zero-order valence-electron chi connectivity index (χ0n) is 20.3. The van der Waals surface area contributed by atoms with E-state index in [2.05, 4.69) is 5.32 Å². The van der Waals surface area contributed by atoms with Crippen molar-refractivity contribution >= 4 is 11.7 Å². The van der Waals surface area contributed by atoms with Gasteiger partial charge in [0.05, 0.1) is 35.3 Å². The number of halogens is 3. The van der Waals surface area contributed by atoms with E-state index < -0.39 is 29.5 Å². The van der Waals surface area contributed by atoms with E-state index in [0.717, 1.165) is 28.8 Å². The normalized spacial score (nSPS) is 14.5. The highest BCUT2D eigenvalue weighted by atomic mass is 19.1. The first-order chi connectivity index (χ1) is 18.4. The van der Waals surface area contributed by atoms with Crippen molar-refractivity contribution in [1.29, 1.82) is 0 Å². The van der Waals surface area contributed by atoms with Crippen molar-refractivity contribution < 1.29 is 18.0 Å². The van der Waals surface area contributed by atoms with Crippen LogP contribution in [0.1, 0.15) is 28.6 Å². The molecule has 0 unspecified atom stereocenters. The molecule has 9 heteroatoms. The number of urea groups is 1. The molecule has 38 heavy (non-hydrogen) atoms. The maximum Gasteiger partial charge on any atom is 0.323 e. The molecule has 2 amide bonds. The number of nitrogens with one attached hydrogen (secondary N) is 1. The van der Waals surface area contributed by atoms with Crippen LogP contribution in [0, 0.1) is 24.4 Å². The van der Waals surface area contributed by atoms with Crippen LogP contribution >= 0.6 is 0 Å². The van der Waals surface area contributed by atoms with E-state index in [1.807, 2.05) is 64.8 Å². The van der Waals surface area contributed by atoms with Crippen molar-refractivity contribution in [2.24, 2.45) is 0 Å². The number of nitrogens with zero attached hydrogens (tertiary/aromatic N) is 4. The lowest BCUT2D eigenvalue weighted by Gasteiger charge is -2.31. The van der Waals surface area contributed by atoms with Crippen molar-refractivity contribution in [3.63, 3.8) is 0 Å². The largest absolute Gasteiger partial charge is 0.323 e. The minimum atomic E-state index is -0.886. The van der Waals surface area contributed by atoms with Gasteiger partial charge in [0.15, 0.2) is 0 Å². The van der Waals surface area contributed by atoms with Crippen LogP contribution in [0.5, 0.6) is 0 Å². The first kappa shape index (κ1) is 23.6. The lowest BCUT2D eigenvalue weighted by molar-refractivity contribution is 0.194. The molecule has 6 nitrogen and oxygen atoms in total. The van der Waals surface area contributed by atoms with Crippen molar-refractivity contribution in [3.8, 4) is 11.5 Å². The number of amides is 2. The molecule has 190 valence electrons. The average Bonchev–Trinajstić information content (AvgIpc) is 3.47. The molecular weight excluding hydrogens is 491 g/mol. The lowest BCUT2D eigenvalue weighted by Crippen LogP contribution is -2.38. The van der Waals surface area contributed by atoms with Gasteiger partial charge in [-0.1, -0.05) is 30.3 Å². The van der Waals surface area contributed by atoms with Gasteiger partial charge < -0.3 is 14.8 Å². The van der Waals surface area contributed by atoms with Gasteiger partial charge in [0.2, 0.25) is 0 Å². The standard InChI is InChI=1S/C29H22F3N5O/c1-18-23-17-36(29(38)33-25-14-13-21(31)16-24(25)32)27(19-9-11-20(30)12-10-19)26-8-5-15-35(26)28(23)37(34-18)22-6-3-2-4-7-22/h2-16,27H,17H2,1H3,(H,33,38)/t27-/m1/s1. The summed E-state index contributed by atoms with van der Waals surface area (Å²) in [5.41, 5.74) is 3.62. The predicted octanol–water partition coefficient (Wildman–Crippen LogP) is 6.53. The van der Waals surface area contributed by atoms with Crippen molar-refractivity contribution in [1.82, 2.24) is 19.2 Å². The Morgan fingerprint density at radius 3 is 2.39 bits per heavy atom. The Morgan fingerprint density at radius 1 is 0.921 bits per heavy atom. The highest BCUT2D eigenvalue weighted by Crippen LogP contribution is 2.38. The number of anilines is 1. The Balaban J connectivity index is 1.53. The first-order valence-corrected chi connectivity index (χ1v) is 12.0. The van der Waals surface area contributed by atoms with E-state index in [1.54, 1.807) is 17.0 Å². The van der Waals surface area contributed by atoms with Gasteiger partial charge in [0.25, 0.3) is 0 Å².